The number of unbranched alkanes of at least 4 members (excludes halogenated alkanes) is 1. The molecule has 0 saturated heterocycles. The zero-order valence-corrected chi connectivity index (χ0v) is 21.7. The van der Waals surface area contributed by atoms with Gasteiger partial charge in [-0.1, -0.05) is 84.7 Å². The molecule has 1 rings (SSSR count). The quantitative estimate of drug-likeness (QED) is 0.164. The lowest BCUT2D eigenvalue weighted by Crippen LogP contribution is -2.50. The van der Waals surface area contributed by atoms with Crippen LogP contribution in [0.15, 0.2) is 30.3 Å². The van der Waals surface area contributed by atoms with Gasteiger partial charge in [0.25, 0.3) is 0 Å². The topological polar surface area (TPSA) is 55.8 Å². The molecule has 0 aliphatic rings. The molecule has 0 spiro atoms. The summed E-state index contributed by atoms with van der Waals surface area (Å²) in [5.74, 6) is 0. The second-order valence-electron chi connectivity index (χ2n) is 9.68. The lowest BCUT2D eigenvalue weighted by molar-refractivity contribution is -0.109. The highest BCUT2D eigenvalue weighted by Crippen LogP contribution is 2.43. The summed E-state index contributed by atoms with van der Waals surface area (Å²) in [4.78, 5) is 11.3. The van der Waals surface area contributed by atoms with E-state index >= 15 is 0 Å². The molecule has 2 atom stereocenters. The molecule has 1 N–H and O–H groups in total. The van der Waals surface area contributed by atoms with E-state index in [0.29, 0.717) is 36.1 Å². The molecule has 5 heteroatoms. The number of hydrogen-bond acceptors (Lipinski definition) is 4. The van der Waals surface area contributed by atoms with Gasteiger partial charge in [-0.15, -0.1) is 0 Å². The Bertz CT molecular complexity index is 567. The normalized spacial score (nSPS) is 14.4. The van der Waals surface area contributed by atoms with Crippen molar-refractivity contribution in [3.05, 3.63) is 35.9 Å². The number of aliphatic hydroxyl groups excluding tert-OH is 1. The summed E-state index contributed by atoms with van der Waals surface area (Å²) >= 11 is 0. The van der Waals surface area contributed by atoms with Crippen molar-refractivity contribution in [2.75, 3.05) is 6.61 Å². The highest BCUT2D eigenvalue weighted by atomic mass is 28.4. The first-order valence-electron chi connectivity index (χ1n) is 12.2. The van der Waals surface area contributed by atoms with Gasteiger partial charge in [0.05, 0.1) is 18.8 Å². The van der Waals surface area contributed by atoms with Crippen molar-refractivity contribution < 1.29 is 19.1 Å². The van der Waals surface area contributed by atoms with Gasteiger partial charge >= 0.3 is 0 Å². The predicted octanol–water partition coefficient (Wildman–Crippen LogP) is 6.66. The first-order valence-corrected chi connectivity index (χ1v) is 14.3. The molecule has 1 aromatic rings. The average molecular weight is 451 g/mol. The Balaban J connectivity index is 2.60. The van der Waals surface area contributed by atoms with Crippen molar-refractivity contribution in [3.63, 3.8) is 0 Å². The smallest absolute Gasteiger partial charge is 0.200 e. The van der Waals surface area contributed by atoms with Crippen LogP contribution in [0.5, 0.6) is 0 Å². The molecule has 0 amide bonds. The molecule has 0 heterocycles. The summed E-state index contributed by atoms with van der Waals surface area (Å²) in [6.07, 6.45) is 6.07. The number of aldehydes is 1. The van der Waals surface area contributed by atoms with E-state index in [2.05, 4.69) is 53.7 Å². The summed E-state index contributed by atoms with van der Waals surface area (Å²) in [6.45, 7) is 14.4. The Kier molecular flexibility index (Phi) is 13.5. The molecule has 0 aromatic heterocycles. The van der Waals surface area contributed by atoms with Gasteiger partial charge in [0.15, 0.2) is 0 Å². The fourth-order valence-electron chi connectivity index (χ4n) is 5.02. The Morgan fingerprint density at radius 2 is 1.42 bits per heavy atom. The van der Waals surface area contributed by atoms with Crippen LogP contribution in [0.3, 0.4) is 0 Å². The molecule has 0 bridgehead atoms. The Hall–Kier alpha value is -1.01. The van der Waals surface area contributed by atoms with Crippen molar-refractivity contribution in [1.29, 1.82) is 0 Å². The molecule has 1 aromatic carbocycles. The summed E-state index contributed by atoms with van der Waals surface area (Å²) in [5, 5.41) is 9.40. The number of benzene rings is 1. The highest BCUT2D eigenvalue weighted by Gasteiger charge is 2.46. The summed E-state index contributed by atoms with van der Waals surface area (Å²) in [5.41, 5.74) is 2.70. The van der Waals surface area contributed by atoms with Crippen LogP contribution in [0.2, 0.25) is 16.6 Å². The Morgan fingerprint density at radius 1 is 0.871 bits per heavy atom. The fraction of sp³-hybridized carbons (Fsp3) is 0.731. The van der Waals surface area contributed by atoms with Crippen LogP contribution in [0.1, 0.15) is 85.6 Å². The van der Waals surface area contributed by atoms with Crippen LogP contribution in [0.4, 0.5) is 0 Å². The highest BCUT2D eigenvalue weighted by molar-refractivity contribution is 6.77. The standard InChI is InChI=1S/C26H46O4Si/c1-21(2)31(22(3)4,23(5)6)30-26(17-19-28)15-11-10-14-25(16-18-27)29-20-24-12-8-7-9-13-24/h7-9,12-13,19,21-23,25-27H,10-11,14-18,20H2,1-6H3/t25-,26-/m1/s1. The minimum atomic E-state index is -1.99. The maximum atomic E-state index is 11.3. The lowest BCUT2D eigenvalue weighted by atomic mass is 10.0. The average Bonchev–Trinajstić information content (AvgIpc) is 2.72. The van der Waals surface area contributed by atoms with Crippen molar-refractivity contribution in [3.8, 4) is 0 Å². The zero-order chi connectivity index (χ0) is 23.3. The first-order chi connectivity index (χ1) is 14.8. The molecule has 178 valence electrons. The van der Waals surface area contributed by atoms with E-state index in [1.807, 2.05) is 18.2 Å². The third-order valence-electron chi connectivity index (χ3n) is 6.52. The third kappa shape index (κ3) is 9.17. The van der Waals surface area contributed by atoms with Gasteiger partial charge < -0.3 is 19.1 Å². The van der Waals surface area contributed by atoms with Crippen LogP contribution in [0, 0.1) is 0 Å². The molecule has 0 unspecified atom stereocenters. The maximum Gasteiger partial charge on any atom is 0.200 e. The van der Waals surface area contributed by atoms with Crippen LogP contribution in [0.25, 0.3) is 0 Å². The fourth-order valence-corrected chi connectivity index (χ4v) is 10.6. The molecule has 0 saturated carbocycles. The molecule has 0 radical (unpaired) electrons. The van der Waals surface area contributed by atoms with Crippen molar-refractivity contribution in [1.82, 2.24) is 0 Å². The first kappa shape index (κ1) is 28.0. The Morgan fingerprint density at radius 3 is 1.90 bits per heavy atom. The van der Waals surface area contributed by atoms with Crippen LogP contribution in [-0.4, -0.2) is 38.5 Å². The van der Waals surface area contributed by atoms with Gasteiger partial charge in [0.1, 0.15) is 6.29 Å². The molecule has 0 fully saturated rings. The van der Waals surface area contributed by atoms with Crippen LogP contribution >= 0.6 is 0 Å². The van der Waals surface area contributed by atoms with E-state index < -0.39 is 8.32 Å². The second-order valence-corrected chi connectivity index (χ2v) is 15.1. The minimum Gasteiger partial charge on any atom is -0.413 e. The molecule has 0 aliphatic carbocycles. The maximum absolute atomic E-state index is 11.3. The molecule has 4 nitrogen and oxygen atoms in total. The number of carbonyl (C=O) groups excluding carboxylic acids is 1. The van der Waals surface area contributed by atoms with Crippen molar-refractivity contribution in [2.45, 2.75) is 116 Å². The number of rotatable bonds is 17. The molecule has 0 aliphatic heterocycles. The van der Waals surface area contributed by atoms with Gasteiger partial charge in [-0.2, -0.15) is 0 Å². The molecular weight excluding hydrogens is 404 g/mol. The second kappa shape index (κ2) is 14.9. The molecular formula is C26H46O4Si. The third-order valence-corrected chi connectivity index (χ3v) is 12.7. The number of aliphatic hydroxyl groups is 1. The van der Waals surface area contributed by atoms with E-state index in [1.54, 1.807) is 0 Å². The molecule has 31 heavy (non-hydrogen) atoms. The van der Waals surface area contributed by atoms with Crippen LogP contribution in [-0.2, 0) is 20.6 Å². The van der Waals surface area contributed by atoms with E-state index in [9.17, 15) is 9.90 Å². The largest absolute Gasteiger partial charge is 0.413 e. The van der Waals surface area contributed by atoms with Crippen molar-refractivity contribution >= 4 is 14.6 Å². The van der Waals surface area contributed by atoms with E-state index in [0.717, 1.165) is 37.5 Å². The van der Waals surface area contributed by atoms with E-state index in [-0.39, 0.29) is 18.8 Å². The van der Waals surface area contributed by atoms with Gasteiger partial charge in [0, 0.05) is 13.0 Å². The van der Waals surface area contributed by atoms with Gasteiger partial charge in [-0.25, -0.2) is 0 Å². The predicted molar refractivity (Wildman–Crippen MR) is 132 cm³/mol. The van der Waals surface area contributed by atoms with E-state index in [4.69, 9.17) is 9.16 Å². The summed E-state index contributed by atoms with van der Waals surface area (Å²) in [6, 6.07) is 10.2. The van der Waals surface area contributed by atoms with Gasteiger partial charge in [-0.3, -0.25) is 0 Å². The van der Waals surface area contributed by atoms with Gasteiger partial charge in [-0.05, 0) is 41.4 Å². The van der Waals surface area contributed by atoms with E-state index in [1.165, 1.54) is 0 Å². The van der Waals surface area contributed by atoms with Crippen molar-refractivity contribution in [2.24, 2.45) is 0 Å². The Labute approximate surface area is 191 Å². The summed E-state index contributed by atoms with van der Waals surface area (Å²) in [7, 11) is -1.99. The number of carbonyl (C=O) groups is 1. The van der Waals surface area contributed by atoms with Crippen LogP contribution < -0.4 is 0 Å². The lowest BCUT2D eigenvalue weighted by Gasteiger charge is -2.44. The van der Waals surface area contributed by atoms with Gasteiger partial charge in [0.2, 0.25) is 8.32 Å². The monoisotopic (exact) mass is 450 g/mol. The summed E-state index contributed by atoms with van der Waals surface area (Å²) < 4.78 is 12.9. The zero-order valence-electron chi connectivity index (χ0n) is 20.7. The SMILES string of the molecule is CC(C)[Si](O[C@@H](CC=O)CCCC[C@H](CCO)OCc1ccccc1)(C(C)C)C(C)C. The number of hydrogen-bond donors (Lipinski definition) is 1. The number of ether oxygens (including phenoxy) is 1. The minimum absolute atomic E-state index is 0.0119.